The maximum absolute atomic E-state index is 12.8. The monoisotopic (exact) mass is 437 g/mol. The Morgan fingerprint density at radius 3 is 2.19 bits per heavy atom. The van der Waals surface area contributed by atoms with Gasteiger partial charge >= 0.3 is 5.97 Å². The molecule has 3 rings (SSSR count). The van der Waals surface area contributed by atoms with E-state index in [0.29, 0.717) is 11.5 Å². The van der Waals surface area contributed by atoms with E-state index < -0.39 is 11.9 Å². The number of amides is 1. The Labute approximate surface area is 185 Å². The van der Waals surface area contributed by atoms with Crippen LogP contribution in [0.4, 0.5) is 5.82 Å². The van der Waals surface area contributed by atoms with Gasteiger partial charge in [-0.3, -0.25) is 4.79 Å². The number of hydrogen-bond acceptors (Lipinski definition) is 8. The van der Waals surface area contributed by atoms with E-state index in [-0.39, 0.29) is 34.8 Å². The Hall–Kier alpha value is -4.14. The third-order valence-electron chi connectivity index (χ3n) is 4.11. The standard InChI is InChI=1S/C23H23N3O6/c1-14(2)31-20-11-16(12-21(26-20)32-18-8-6-17(29-3)7-9-18)22(27)25-19-10-5-15(13-24-19)23(28)30-4/h5-14H,1-4H3,(H,24,25,27). The largest absolute Gasteiger partial charge is 0.497 e. The normalized spacial score (nSPS) is 10.4. The van der Waals surface area contributed by atoms with E-state index in [9.17, 15) is 9.59 Å². The average Bonchev–Trinajstić information content (AvgIpc) is 2.79. The second-order valence-electron chi connectivity index (χ2n) is 6.85. The lowest BCUT2D eigenvalue weighted by atomic mass is 10.2. The van der Waals surface area contributed by atoms with Gasteiger partial charge < -0.3 is 24.3 Å². The van der Waals surface area contributed by atoms with Crippen LogP contribution in [0.15, 0.2) is 54.7 Å². The zero-order chi connectivity index (χ0) is 23.1. The molecular formula is C23H23N3O6. The molecule has 1 aromatic carbocycles. The van der Waals surface area contributed by atoms with Crippen LogP contribution in [-0.2, 0) is 4.74 Å². The molecule has 0 saturated heterocycles. The fourth-order valence-corrected chi connectivity index (χ4v) is 2.63. The molecule has 2 heterocycles. The van der Waals surface area contributed by atoms with Crippen molar-refractivity contribution in [1.82, 2.24) is 9.97 Å². The molecule has 1 amide bonds. The van der Waals surface area contributed by atoms with Crippen LogP contribution in [0, 0.1) is 0 Å². The number of nitrogens with zero attached hydrogens (tertiary/aromatic N) is 2. The van der Waals surface area contributed by atoms with E-state index in [1.54, 1.807) is 31.4 Å². The Bertz CT molecular complexity index is 1080. The van der Waals surface area contributed by atoms with Crippen molar-refractivity contribution in [2.75, 3.05) is 19.5 Å². The van der Waals surface area contributed by atoms with Gasteiger partial charge in [-0.2, -0.15) is 4.98 Å². The first kappa shape index (κ1) is 22.5. The first-order chi connectivity index (χ1) is 15.4. The van der Waals surface area contributed by atoms with Crippen molar-refractivity contribution >= 4 is 17.7 Å². The van der Waals surface area contributed by atoms with Crippen molar-refractivity contribution in [3.8, 4) is 23.3 Å². The first-order valence-electron chi connectivity index (χ1n) is 9.74. The van der Waals surface area contributed by atoms with Crippen LogP contribution in [0.3, 0.4) is 0 Å². The van der Waals surface area contributed by atoms with E-state index in [2.05, 4.69) is 20.0 Å². The zero-order valence-corrected chi connectivity index (χ0v) is 18.1. The van der Waals surface area contributed by atoms with Gasteiger partial charge in [-0.15, -0.1) is 0 Å². The highest BCUT2D eigenvalue weighted by Crippen LogP contribution is 2.26. The van der Waals surface area contributed by atoms with Crippen LogP contribution in [0.2, 0.25) is 0 Å². The van der Waals surface area contributed by atoms with Gasteiger partial charge in [0.25, 0.3) is 5.91 Å². The number of rotatable bonds is 8. The van der Waals surface area contributed by atoms with E-state index in [1.165, 1.54) is 37.6 Å². The van der Waals surface area contributed by atoms with Crippen LogP contribution in [0.1, 0.15) is 34.6 Å². The summed E-state index contributed by atoms with van der Waals surface area (Å²) in [7, 11) is 2.86. The smallest absolute Gasteiger partial charge is 0.339 e. The highest BCUT2D eigenvalue weighted by molar-refractivity contribution is 6.04. The molecule has 3 aromatic rings. The first-order valence-corrected chi connectivity index (χ1v) is 9.74. The maximum Gasteiger partial charge on any atom is 0.339 e. The number of methoxy groups -OCH3 is 2. The van der Waals surface area contributed by atoms with Crippen LogP contribution < -0.4 is 19.5 Å². The molecule has 1 N–H and O–H groups in total. The van der Waals surface area contributed by atoms with Gasteiger partial charge in [0, 0.05) is 18.3 Å². The molecule has 0 aliphatic rings. The van der Waals surface area contributed by atoms with Crippen molar-refractivity contribution < 1.29 is 28.5 Å². The number of nitrogens with one attached hydrogen (secondary N) is 1. The molecule has 0 unspecified atom stereocenters. The molecule has 9 heteroatoms. The van der Waals surface area contributed by atoms with Crippen LogP contribution >= 0.6 is 0 Å². The summed E-state index contributed by atoms with van der Waals surface area (Å²) in [4.78, 5) is 32.7. The summed E-state index contributed by atoms with van der Waals surface area (Å²) in [6.45, 7) is 3.70. The number of hydrogen-bond donors (Lipinski definition) is 1. The molecule has 0 atom stereocenters. The predicted molar refractivity (Wildman–Crippen MR) is 117 cm³/mol. The van der Waals surface area contributed by atoms with Gasteiger partial charge in [-0.05, 0) is 50.2 Å². The van der Waals surface area contributed by atoms with Crippen molar-refractivity contribution in [2.24, 2.45) is 0 Å². The molecule has 0 fully saturated rings. The summed E-state index contributed by atoms with van der Waals surface area (Å²) in [5.74, 6) is 0.944. The Kier molecular flexibility index (Phi) is 7.22. The van der Waals surface area contributed by atoms with E-state index in [4.69, 9.17) is 14.2 Å². The minimum absolute atomic E-state index is 0.151. The van der Waals surface area contributed by atoms with Gasteiger partial charge in [0.2, 0.25) is 11.8 Å². The van der Waals surface area contributed by atoms with Gasteiger partial charge in [-0.25, -0.2) is 9.78 Å². The summed E-state index contributed by atoms with van der Waals surface area (Å²) >= 11 is 0. The number of aromatic nitrogens is 2. The number of esters is 1. The molecule has 0 saturated carbocycles. The van der Waals surface area contributed by atoms with Crippen molar-refractivity contribution in [3.05, 3.63) is 65.9 Å². The van der Waals surface area contributed by atoms with Crippen LogP contribution in [0.25, 0.3) is 0 Å². The lowest BCUT2D eigenvalue weighted by Crippen LogP contribution is -2.15. The summed E-state index contributed by atoms with van der Waals surface area (Å²) in [6, 6.07) is 13.0. The molecule has 32 heavy (non-hydrogen) atoms. The molecule has 2 aromatic heterocycles. The summed E-state index contributed by atoms with van der Waals surface area (Å²) in [5.41, 5.74) is 0.537. The quantitative estimate of drug-likeness (QED) is 0.525. The Balaban J connectivity index is 1.82. The van der Waals surface area contributed by atoms with E-state index >= 15 is 0 Å². The summed E-state index contributed by atoms with van der Waals surface area (Å²) in [5, 5.41) is 2.67. The second kappa shape index (κ2) is 10.3. The second-order valence-corrected chi connectivity index (χ2v) is 6.85. The number of anilines is 1. The number of carbonyl (C=O) groups is 2. The van der Waals surface area contributed by atoms with Crippen LogP contribution in [-0.4, -0.2) is 42.2 Å². The van der Waals surface area contributed by atoms with Gasteiger partial charge in [0.15, 0.2) is 0 Å². The molecule has 0 aliphatic heterocycles. The number of ether oxygens (including phenoxy) is 4. The fraction of sp³-hybridized carbons (Fsp3) is 0.217. The molecule has 0 spiro atoms. The van der Waals surface area contributed by atoms with E-state index in [0.717, 1.165) is 0 Å². The van der Waals surface area contributed by atoms with Gasteiger partial charge in [-0.1, -0.05) is 0 Å². The lowest BCUT2D eigenvalue weighted by molar-refractivity contribution is 0.0600. The van der Waals surface area contributed by atoms with Gasteiger partial charge in [0.1, 0.15) is 17.3 Å². The van der Waals surface area contributed by atoms with Gasteiger partial charge in [0.05, 0.1) is 31.5 Å². The Morgan fingerprint density at radius 1 is 0.906 bits per heavy atom. The van der Waals surface area contributed by atoms with Crippen molar-refractivity contribution in [2.45, 2.75) is 20.0 Å². The highest BCUT2D eigenvalue weighted by Gasteiger charge is 2.15. The highest BCUT2D eigenvalue weighted by atomic mass is 16.5. The third-order valence-corrected chi connectivity index (χ3v) is 4.11. The number of benzene rings is 1. The molecule has 0 bridgehead atoms. The number of pyridine rings is 2. The van der Waals surface area contributed by atoms with Crippen molar-refractivity contribution in [3.63, 3.8) is 0 Å². The minimum atomic E-state index is -0.514. The average molecular weight is 437 g/mol. The molecular weight excluding hydrogens is 414 g/mol. The molecule has 0 radical (unpaired) electrons. The molecule has 166 valence electrons. The fourth-order valence-electron chi connectivity index (χ4n) is 2.63. The lowest BCUT2D eigenvalue weighted by Gasteiger charge is -2.13. The minimum Gasteiger partial charge on any atom is -0.497 e. The van der Waals surface area contributed by atoms with Crippen LogP contribution in [0.5, 0.6) is 23.3 Å². The SMILES string of the molecule is COC(=O)c1ccc(NC(=O)c2cc(Oc3ccc(OC)cc3)nc(OC(C)C)c2)nc1. The predicted octanol–water partition coefficient (Wildman–Crippen LogP) is 4.10. The third kappa shape index (κ3) is 5.94. The Morgan fingerprint density at radius 2 is 1.59 bits per heavy atom. The summed E-state index contributed by atoms with van der Waals surface area (Å²) < 4.78 is 21.2. The maximum atomic E-state index is 12.8. The summed E-state index contributed by atoms with van der Waals surface area (Å²) in [6.07, 6.45) is 1.17. The zero-order valence-electron chi connectivity index (χ0n) is 18.1. The van der Waals surface area contributed by atoms with Crippen molar-refractivity contribution in [1.29, 1.82) is 0 Å². The van der Waals surface area contributed by atoms with E-state index in [1.807, 2.05) is 13.8 Å². The molecule has 9 nitrogen and oxygen atoms in total. The number of carbonyl (C=O) groups excluding carboxylic acids is 2. The topological polar surface area (TPSA) is 109 Å². The molecule has 0 aliphatic carbocycles.